The van der Waals surface area contributed by atoms with E-state index in [0.29, 0.717) is 17.3 Å². The van der Waals surface area contributed by atoms with E-state index in [1.165, 1.54) is 16.7 Å². The molecule has 0 aliphatic carbocycles. The van der Waals surface area contributed by atoms with Crippen molar-refractivity contribution in [2.24, 2.45) is 7.05 Å². The zero-order valence-electron chi connectivity index (χ0n) is 28.9. The summed E-state index contributed by atoms with van der Waals surface area (Å²) >= 11 is 1.51. The van der Waals surface area contributed by atoms with E-state index in [4.69, 9.17) is 14.2 Å². The van der Waals surface area contributed by atoms with E-state index in [1.807, 2.05) is 103 Å². The highest BCUT2D eigenvalue weighted by molar-refractivity contribution is 7.99. The number of alkyl carbamates (subject to hydrolysis) is 1. The van der Waals surface area contributed by atoms with Crippen LogP contribution >= 0.6 is 11.8 Å². The molecule has 3 amide bonds. The van der Waals surface area contributed by atoms with E-state index < -0.39 is 24.3 Å². The summed E-state index contributed by atoms with van der Waals surface area (Å²) in [7, 11) is 1.80. The lowest BCUT2D eigenvalue weighted by Crippen LogP contribution is -2.41. The van der Waals surface area contributed by atoms with Gasteiger partial charge in [-0.15, -0.1) is 5.10 Å². The molecule has 0 bridgehead atoms. The molecule has 0 spiro atoms. The average Bonchev–Trinajstić information content (AvgIpc) is 3.73. The zero-order valence-corrected chi connectivity index (χ0v) is 29.7. The lowest BCUT2D eigenvalue weighted by Gasteiger charge is -2.36. The molecular formula is C39H38N6O7S. The Morgan fingerprint density at radius 2 is 1.66 bits per heavy atom. The summed E-state index contributed by atoms with van der Waals surface area (Å²) in [6, 6.07) is 31.5. The number of hydrogen-bond acceptors (Lipinski definition) is 11. The van der Waals surface area contributed by atoms with Crippen LogP contribution in [0.4, 0.5) is 4.79 Å². The number of aryl methyl sites for hydroxylation is 1. The van der Waals surface area contributed by atoms with Gasteiger partial charge in [-0.2, -0.15) is 0 Å². The van der Waals surface area contributed by atoms with Crippen LogP contribution in [0.2, 0.25) is 0 Å². The van der Waals surface area contributed by atoms with Crippen LogP contribution in [-0.2, 0) is 50.6 Å². The number of nitrogens with zero attached hydrogens (tertiary/aromatic N) is 5. The number of aliphatic hydroxyl groups is 1. The fraction of sp³-hybridized carbons (Fsp3) is 0.282. The predicted octanol–water partition coefficient (Wildman–Crippen LogP) is 5.26. The Hall–Kier alpha value is -5.41. The zero-order chi connectivity index (χ0) is 36.7. The molecule has 7 rings (SSSR count). The SMILES string of the molecule is Cn1nnnc1SC[C@H]1C[C@@H](c2ccc(CO)cc2)O[C@@H](c2cccc(-c3cccc(CN4C(=O)CC(NC(=O)OCc5ccccc5)C4=O)c3)c2)O1. The van der Waals surface area contributed by atoms with Crippen molar-refractivity contribution in [1.82, 2.24) is 30.4 Å². The normalized spacial score (nSPS) is 20.1. The molecule has 1 unspecified atom stereocenters. The van der Waals surface area contributed by atoms with Gasteiger partial charge in [-0.25, -0.2) is 9.48 Å². The van der Waals surface area contributed by atoms with Crippen molar-refractivity contribution in [3.63, 3.8) is 0 Å². The largest absolute Gasteiger partial charge is 0.445 e. The van der Waals surface area contributed by atoms with Crippen LogP contribution in [0.5, 0.6) is 0 Å². The second-order valence-corrected chi connectivity index (χ2v) is 13.8. The molecule has 2 saturated heterocycles. The van der Waals surface area contributed by atoms with Crippen LogP contribution in [0.25, 0.3) is 11.1 Å². The standard InChI is InChI=1S/C39H38N6O7S/c1-44-38(41-42-43-44)53-24-32-19-34(28-15-13-25(22-46)14-16-28)52-37(51-32)31-12-6-11-30(18-31)29-10-5-9-27(17-29)21-45-35(47)20-33(36(45)48)40-39(49)50-23-26-7-3-2-4-8-26/h2-18,32-34,37,46H,19-24H2,1H3,(H,40,49)/t32-,33?,34+,37+/m1/s1. The van der Waals surface area contributed by atoms with Crippen molar-refractivity contribution in [1.29, 1.82) is 0 Å². The second-order valence-electron chi connectivity index (χ2n) is 12.9. The summed E-state index contributed by atoms with van der Waals surface area (Å²) in [6.07, 6.45) is -1.37. The van der Waals surface area contributed by atoms with Gasteiger partial charge in [0.15, 0.2) is 6.29 Å². The third-order valence-electron chi connectivity index (χ3n) is 9.10. The van der Waals surface area contributed by atoms with E-state index in [2.05, 4.69) is 20.8 Å². The molecule has 2 aliphatic heterocycles. The minimum Gasteiger partial charge on any atom is -0.445 e. The lowest BCUT2D eigenvalue weighted by molar-refractivity contribution is -0.245. The van der Waals surface area contributed by atoms with Crippen molar-refractivity contribution < 1.29 is 33.7 Å². The van der Waals surface area contributed by atoms with Crippen LogP contribution in [-0.4, -0.2) is 66.0 Å². The van der Waals surface area contributed by atoms with Crippen molar-refractivity contribution >= 4 is 29.7 Å². The molecular weight excluding hydrogens is 697 g/mol. The lowest BCUT2D eigenvalue weighted by atomic mass is 9.99. The number of nitrogens with one attached hydrogen (secondary N) is 1. The second kappa shape index (κ2) is 16.5. The summed E-state index contributed by atoms with van der Waals surface area (Å²) in [6.45, 7) is 0.0821. The Bertz CT molecular complexity index is 2060. The van der Waals surface area contributed by atoms with Gasteiger partial charge in [0, 0.05) is 24.8 Å². The molecule has 4 aromatic carbocycles. The van der Waals surface area contributed by atoms with Gasteiger partial charge in [0.05, 0.1) is 31.8 Å². The average molecular weight is 735 g/mol. The predicted molar refractivity (Wildman–Crippen MR) is 194 cm³/mol. The van der Waals surface area contributed by atoms with Crippen LogP contribution in [0.1, 0.15) is 53.1 Å². The van der Waals surface area contributed by atoms with Crippen molar-refractivity contribution in [3.8, 4) is 11.1 Å². The third-order valence-corrected chi connectivity index (χ3v) is 10.2. The minimum absolute atomic E-state index is 0.0368. The van der Waals surface area contributed by atoms with Gasteiger partial charge >= 0.3 is 6.09 Å². The number of aliphatic hydroxyl groups excluding tert-OH is 1. The maximum absolute atomic E-state index is 13.2. The number of tetrazole rings is 1. The van der Waals surface area contributed by atoms with Gasteiger partial charge < -0.3 is 24.6 Å². The highest BCUT2D eigenvalue weighted by Gasteiger charge is 2.40. The number of benzene rings is 4. The van der Waals surface area contributed by atoms with E-state index in [0.717, 1.165) is 38.9 Å². The Kier molecular flexibility index (Phi) is 11.2. The molecule has 0 radical (unpaired) electrons. The first-order valence-electron chi connectivity index (χ1n) is 17.2. The fourth-order valence-electron chi connectivity index (χ4n) is 6.30. The highest BCUT2D eigenvalue weighted by Crippen LogP contribution is 2.40. The number of likely N-dealkylation sites (tertiary alicyclic amines) is 1. The summed E-state index contributed by atoms with van der Waals surface area (Å²) in [5.74, 6) is -0.235. The molecule has 3 heterocycles. The fourth-order valence-corrected chi connectivity index (χ4v) is 7.17. The highest BCUT2D eigenvalue weighted by atomic mass is 32.2. The third kappa shape index (κ3) is 8.80. The van der Waals surface area contributed by atoms with Crippen LogP contribution < -0.4 is 5.32 Å². The number of carbonyl (C=O) groups is 3. The van der Waals surface area contributed by atoms with Gasteiger partial charge in [0.2, 0.25) is 11.1 Å². The van der Waals surface area contributed by atoms with Crippen molar-refractivity contribution in [2.75, 3.05) is 5.75 Å². The summed E-state index contributed by atoms with van der Waals surface area (Å²) in [5.41, 5.74) is 6.00. The molecule has 4 atom stereocenters. The van der Waals surface area contributed by atoms with Crippen LogP contribution in [0.3, 0.4) is 0 Å². The Morgan fingerprint density at radius 1 is 0.906 bits per heavy atom. The van der Waals surface area contributed by atoms with Gasteiger partial charge in [-0.05, 0) is 55.9 Å². The molecule has 0 saturated carbocycles. The maximum Gasteiger partial charge on any atom is 0.408 e. The van der Waals surface area contributed by atoms with E-state index in [9.17, 15) is 19.5 Å². The summed E-state index contributed by atoms with van der Waals surface area (Å²) in [4.78, 5) is 39.7. The van der Waals surface area contributed by atoms with Gasteiger partial charge in [0.25, 0.3) is 5.91 Å². The Labute approximate surface area is 310 Å². The Morgan fingerprint density at radius 3 is 2.42 bits per heavy atom. The van der Waals surface area contributed by atoms with Crippen molar-refractivity contribution in [3.05, 3.63) is 131 Å². The smallest absolute Gasteiger partial charge is 0.408 e. The van der Waals surface area contributed by atoms with Crippen LogP contribution in [0.15, 0.2) is 108 Å². The summed E-state index contributed by atoms with van der Waals surface area (Å²) < 4.78 is 20.0. The number of imide groups is 1. The summed E-state index contributed by atoms with van der Waals surface area (Å²) in [5, 5.41) is 24.5. The molecule has 1 aromatic heterocycles. The number of aromatic nitrogens is 4. The monoisotopic (exact) mass is 734 g/mol. The first kappa shape index (κ1) is 36.0. The minimum atomic E-state index is -0.989. The van der Waals surface area contributed by atoms with Gasteiger partial charge in [-0.3, -0.25) is 14.5 Å². The number of rotatable bonds is 12. The van der Waals surface area contributed by atoms with Gasteiger partial charge in [-0.1, -0.05) is 103 Å². The molecule has 2 aliphatic rings. The first-order valence-corrected chi connectivity index (χ1v) is 18.2. The molecule has 2 N–H and O–H groups in total. The number of ether oxygens (including phenoxy) is 3. The van der Waals surface area contributed by atoms with E-state index in [-0.39, 0.29) is 44.3 Å². The van der Waals surface area contributed by atoms with Gasteiger partial charge in [0.1, 0.15) is 12.6 Å². The molecule has 272 valence electrons. The van der Waals surface area contributed by atoms with Crippen molar-refractivity contribution in [2.45, 2.75) is 62.3 Å². The first-order chi connectivity index (χ1) is 25.8. The Balaban J connectivity index is 1.03. The van der Waals surface area contributed by atoms with E-state index >= 15 is 0 Å². The quantitative estimate of drug-likeness (QED) is 0.127. The molecule has 13 nitrogen and oxygen atoms in total. The number of hydrogen-bond donors (Lipinski definition) is 2. The van der Waals surface area contributed by atoms with Crippen LogP contribution in [0, 0.1) is 0 Å². The molecule has 53 heavy (non-hydrogen) atoms. The topological polar surface area (TPSA) is 158 Å². The number of amides is 3. The maximum atomic E-state index is 13.2. The molecule has 2 fully saturated rings. The van der Waals surface area contributed by atoms with E-state index in [1.54, 1.807) is 11.7 Å². The molecule has 14 heteroatoms. The number of thioether (sulfide) groups is 1. The number of carbonyl (C=O) groups excluding carboxylic acids is 3. The molecule has 5 aromatic rings.